The monoisotopic (exact) mass is 285 g/mol. The Labute approximate surface area is 112 Å². The first-order valence-corrected chi connectivity index (χ1v) is 6.01. The molecule has 0 radical (unpaired) electrons. The average Bonchev–Trinajstić information content (AvgIpc) is 2.68. The summed E-state index contributed by atoms with van der Waals surface area (Å²) < 4.78 is 7.00. The van der Waals surface area contributed by atoms with Crippen molar-refractivity contribution in [3.05, 3.63) is 33.1 Å². The van der Waals surface area contributed by atoms with Crippen molar-refractivity contribution in [3.63, 3.8) is 0 Å². The van der Waals surface area contributed by atoms with E-state index in [1.807, 2.05) is 0 Å². The fourth-order valence-corrected chi connectivity index (χ4v) is 2.14. The Morgan fingerprint density at radius 1 is 1.40 bits per heavy atom. The third-order valence-electron chi connectivity index (χ3n) is 3.20. The SMILES string of the molecule is CCn1c(=O)ccn([C@@H]2O[C@H](C(N)=O)[C@@H](O)[C@H]2O)c1=O. The predicted octanol–water partition coefficient (Wildman–Crippen LogP) is -2.87. The summed E-state index contributed by atoms with van der Waals surface area (Å²) in [5.41, 5.74) is 3.83. The molecule has 9 nitrogen and oxygen atoms in total. The molecule has 0 spiro atoms. The molecule has 110 valence electrons. The number of rotatable bonds is 3. The van der Waals surface area contributed by atoms with Gasteiger partial charge >= 0.3 is 5.69 Å². The number of primary amides is 1. The molecule has 1 aromatic rings. The van der Waals surface area contributed by atoms with Gasteiger partial charge in [-0.15, -0.1) is 0 Å². The zero-order valence-electron chi connectivity index (χ0n) is 10.7. The second-order valence-electron chi connectivity index (χ2n) is 4.42. The van der Waals surface area contributed by atoms with E-state index >= 15 is 0 Å². The van der Waals surface area contributed by atoms with Gasteiger partial charge in [-0.05, 0) is 6.92 Å². The van der Waals surface area contributed by atoms with Gasteiger partial charge in [0.2, 0.25) is 5.91 Å². The van der Waals surface area contributed by atoms with Gasteiger partial charge in [0.15, 0.2) is 12.3 Å². The molecule has 0 aliphatic carbocycles. The Morgan fingerprint density at radius 2 is 2.05 bits per heavy atom. The molecule has 4 atom stereocenters. The van der Waals surface area contributed by atoms with E-state index in [0.29, 0.717) is 0 Å². The number of amides is 1. The van der Waals surface area contributed by atoms with Gasteiger partial charge in [-0.2, -0.15) is 0 Å². The van der Waals surface area contributed by atoms with Crippen LogP contribution >= 0.6 is 0 Å². The highest BCUT2D eigenvalue weighted by Crippen LogP contribution is 2.27. The molecule has 1 fully saturated rings. The zero-order chi connectivity index (χ0) is 15.0. The summed E-state index contributed by atoms with van der Waals surface area (Å²) in [6, 6.07) is 1.13. The average molecular weight is 285 g/mol. The quantitative estimate of drug-likeness (QED) is 0.546. The third kappa shape index (κ3) is 2.15. The summed E-state index contributed by atoms with van der Waals surface area (Å²) in [6.45, 7) is 1.75. The standard InChI is InChI=1S/C11H15N3O6/c1-2-13-5(15)3-4-14(11(13)19)10-7(17)6(16)8(20-10)9(12)18/h3-4,6-8,10,16-17H,2H2,1H3,(H2,12,18)/t6-,7+,8-,10+/m0/s1. The van der Waals surface area contributed by atoms with E-state index < -0.39 is 41.7 Å². The van der Waals surface area contributed by atoms with Crippen LogP contribution in [-0.4, -0.2) is 43.6 Å². The number of aromatic nitrogens is 2. The first-order valence-electron chi connectivity index (χ1n) is 6.01. The smallest absolute Gasteiger partial charge is 0.333 e. The van der Waals surface area contributed by atoms with Gasteiger partial charge in [-0.25, -0.2) is 4.79 Å². The summed E-state index contributed by atoms with van der Waals surface area (Å²) in [5.74, 6) is -0.948. The van der Waals surface area contributed by atoms with Crippen LogP contribution in [0, 0.1) is 0 Å². The van der Waals surface area contributed by atoms with Crippen molar-refractivity contribution >= 4 is 5.91 Å². The van der Waals surface area contributed by atoms with Gasteiger partial charge in [0, 0.05) is 18.8 Å². The van der Waals surface area contributed by atoms with Crippen LogP contribution in [0.1, 0.15) is 13.2 Å². The molecule has 20 heavy (non-hydrogen) atoms. The number of carbonyl (C=O) groups excluding carboxylic acids is 1. The zero-order valence-corrected chi connectivity index (χ0v) is 10.7. The third-order valence-corrected chi connectivity index (χ3v) is 3.20. The van der Waals surface area contributed by atoms with Gasteiger partial charge in [0.1, 0.15) is 12.2 Å². The topological polar surface area (TPSA) is 137 Å². The van der Waals surface area contributed by atoms with Crippen LogP contribution in [0.2, 0.25) is 0 Å². The first-order chi connectivity index (χ1) is 9.38. The Bertz CT molecular complexity index is 636. The Morgan fingerprint density at radius 3 is 2.55 bits per heavy atom. The maximum Gasteiger partial charge on any atom is 0.333 e. The van der Waals surface area contributed by atoms with Crippen molar-refractivity contribution in [2.45, 2.75) is 38.0 Å². The molecule has 1 aromatic heterocycles. The number of aliphatic hydroxyl groups is 2. The van der Waals surface area contributed by atoms with Crippen LogP contribution in [-0.2, 0) is 16.1 Å². The minimum absolute atomic E-state index is 0.142. The van der Waals surface area contributed by atoms with Gasteiger partial charge in [0.25, 0.3) is 5.56 Å². The minimum atomic E-state index is -1.54. The van der Waals surface area contributed by atoms with Crippen LogP contribution in [0.3, 0.4) is 0 Å². The molecule has 4 N–H and O–H groups in total. The van der Waals surface area contributed by atoms with Crippen molar-refractivity contribution in [3.8, 4) is 0 Å². The van der Waals surface area contributed by atoms with Crippen LogP contribution in [0.4, 0.5) is 0 Å². The molecule has 0 aromatic carbocycles. The second-order valence-corrected chi connectivity index (χ2v) is 4.42. The molecule has 1 saturated heterocycles. The minimum Gasteiger partial charge on any atom is -0.387 e. The normalized spacial score (nSPS) is 29.6. The lowest BCUT2D eigenvalue weighted by atomic mass is 10.1. The Balaban J connectivity index is 2.46. The first kappa shape index (κ1) is 14.4. The summed E-state index contributed by atoms with van der Waals surface area (Å²) in [5, 5.41) is 19.5. The number of hydrogen-bond donors (Lipinski definition) is 3. The van der Waals surface area contributed by atoms with Gasteiger partial charge in [-0.1, -0.05) is 0 Å². The largest absolute Gasteiger partial charge is 0.387 e. The lowest BCUT2D eigenvalue weighted by Crippen LogP contribution is -2.42. The van der Waals surface area contributed by atoms with Gasteiger partial charge in [0.05, 0.1) is 0 Å². The van der Waals surface area contributed by atoms with E-state index in [1.54, 1.807) is 6.92 Å². The van der Waals surface area contributed by atoms with Crippen molar-refractivity contribution < 1.29 is 19.7 Å². The van der Waals surface area contributed by atoms with Crippen LogP contribution in [0.5, 0.6) is 0 Å². The molecule has 2 rings (SSSR count). The fraction of sp³-hybridized carbons (Fsp3) is 0.545. The summed E-state index contributed by atoms with van der Waals surface area (Å²) in [4.78, 5) is 34.6. The molecule has 0 bridgehead atoms. The fourth-order valence-electron chi connectivity index (χ4n) is 2.14. The number of carbonyl (C=O) groups is 1. The van der Waals surface area contributed by atoms with E-state index in [4.69, 9.17) is 10.5 Å². The molecule has 0 unspecified atom stereocenters. The maximum atomic E-state index is 12.1. The molecule has 1 amide bonds. The molecule has 0 saturated carbocycles. The lowest BCUT2D eigenvalue weighted by Gasteiger charge is -2.18. The Kier molecular flexibility index (Phi) is 3.75. The van der Waals surface area contributed by atoms with Gasteiger partial charge < -0.3 is 20.7 Å². The van der Waals surface area contributed by atoms with Crippen molar-refractivity contribution in [1.82, 2.24) is 9.13 Å². The van der Waals surface area contributed by atoms with E-state index in [-0.39, 0.29) is 6.54 Å². The molecule has 1 aliphatic rings. The second kappa shape index (κ2) is 5.19. The number of ether oxygens (including phenoxy) is 1. The highest BCUT2D eigenvalue weighted by Gasteiger charge is 2.46. The molecule has 2 heterocycles. The van der Waals surface area contributed by atoms with Crippen molar-refractivity contribution in [2.24, 2.45) is 5.73 Å². The highest BCUT2D eigenvalue weighted by atomic mass is 16.6. The summed E-state index contributed by atoms with van der Waals surface area (Å²) >= 11 is 0. The van der Waals surface area contributed by atoms with E-state index in [9.17, 15) is 24.6 Å². The van der Waals surface area contributed by atoms with Crippen LogP contribution < -0.4 is 17.0 Å². The molecular weight excluding hydrogens is 270 g/mol. The van der Waals surface area contributed by atoms with E-state index in [2.05, 4.69) is 0 Å². The van der Waals surface area contributed by atoms with Gasteiger partial charge in [-0.3, -0.25) is 18.7 Å². The number of nitrogens with two attached hydrogens (primary N) is 1. The summed E-state index contributed by atoms with van der Waals surface area (Å²) in [6.07, 6.45) is -4.60. The van der Waals surface area contributed by atoms with Crippen molar-refractivity contribution in [2.75, 3.05) is 0 Å². The highest BCUT2D eigenvalue weighted by molar-refractivity contribution is 5.80. The predicted molar refractivity (Wildman–Crippen MR) is 65.8 cm³/mol. The van der Waals surface area contributed by atoms with Crippen LogP contribution in [0.25, 0.3) is 0 Å². The summed E-state index contributed by atoms with van der Waals surface area (Å²) in [7, 11) is 0. The lowest BCUT2D eigenvalue weighted by molar-refractivity contribution is -0.134. The number of nitrogens with zero attached hydrogens (tertiary/aromatic N) is 2. The van der Waals surface area contributed by atoms with E-state index in [1.165, 1.54) is 0 Å². The molecule has 9 heteroatoms. The number of aliphatic hydroxyl groups excluding tert-OH is 2. The molecular formula is C11H15N3O6. The molecule has 1 aliphatic heterocycles. The van der Waals surface area contributed by atoms with E-state index in [0.717, 1.165) is 21.4 Å². The maximum absolute atomic E-state index is 12.1. The Hall–Kier alpha value is -1.97. The van der Waals surface area contributed by atoms with Crippen molar-refractivity contribution in [1.29, 1.82) is 0 Å². The van der Waals surface area contributed by atoms with Crippen LogP contribution in [0.15, 0.2) is 21.9 Å². The number of hydrogen-bond acceptors (Lipinski definition) is 6.